The first kappa shape index (κ1) is 17.7. The predicted molar refractivity (Wildman–Crippen MR) is 75.6 cm³/mol. The van der Waals surface area contributed by atoms with Crippen LogP contribution in [-0.2, 0) is 4.79 Å². The molecule has 108 valence electrons. The molecule has 4 nitrogen and oxygen atoms in total. The lowest BCUT2D eigenvalue weighted by Crippen LogP contribution is -2.02. The van der Waals surface area contributed by atoms with Crippen molar-refractivity contribution in [2.24, 2.45) is 0 Å². The molecule has 0 aromatic rings. The largest absolute Gasteiger partial charge is 0.481 e. The molecule has 0 rings (SSSR count). The first-order chi connectivity index (χ1) is 9.06. The first-order valence-corrected chi connectivity index (χ1v) is 7.02. The van der Waals surface area contributed by atoms with Crippen molar-refractivity contribution in [1.29, 1.82) is 0 Å². The van der Waals surface area contributed by atoms with Crippen LogP contribution in [0.15, 0.2) is 11.8 Å². The normalized spacial score (nSPS) is 13.0. The predicted octanol–water partition coefficient (Wildman–Crippen LogP) is 3.77. The molecule has 0 aliphatic rings. The molecule has 4 heteroatoms. The molecule has 0 spiro atoms. The van der Waals surface area contributed by atoms with E-state index in [1.807, 2.05) is 0 Å². The van der Waals surface area contributed by atoms with Gasteiger partial charge in [0.1, 0.15) is 0 Å². The molecule has 0 saturated carbocycles. The van der Waals surface area contributed by atoms with E-state index in [4.69, 9.17) is 11.7 Å². The zero-order valence-corrected chi connectivity index (χ0v) is 11.8. The average molecular weight is 267 g/mol. The average Bonchev–Trinajstić information content (AvgIpc) is 2.36. The van der Waals surface area contributed by atoms with Gasteiger partial charge in [-0.2, -0.15) is 0 Å². The molecule has 0 radical (unpaired) electrons. The van der Waals surface area contributed by atoms with E-state index in [1.165, 1.54) is 0 Å². The van der Waals surface area contributed by atoms with E-state index in [0.29, 0.717) is 12.1 Å². The lowest BCUT2D eigenvalue weighted by atomic mass is 10.1. The number of aliphatic carboxylic acids is 1. The highest BCUT2D eigenvalue weighted by atomic mass is 16.4. The fourth-order valence-corrected chi connectivity index (χ4v) is 1.91. The van der Waals surface area contributed by atoms with Crippen LogP contribution in [0.4, 0.5) is 0 Å². The van der Waals surface area contributed by atoms with Crippen molar-refractivity contribution < 1.29 is 15.0 Å². The molecule has 0 aliphatic carbocycles. The van der Waals surface area contributed by atoms with Crippen LogP contribution in [0, 0.1) is 6.57 Å². The van der Waals surface area contributed by atoms with E-state index in [2.05, 4.69) is 4.85 Å². The highest BCUT2D eigenvalue weighted by molar-refractivity contribution is 5.66. The van der Waals surface area contributed by atoms with Crippen LogP contribution in [0.5, 0.6) is 0 Å². The molecule has 2 N–H and O–H groups in total. The molecule has 0 fully saturated rings. The summed E-state index contributed by atoms with van der Waals surface area (Å²) in [6, 6.07) is 0. The maximum absolute atomic E-state index is 10.3. The summed E-state index contributed by atoms with van der Waals surface area (Å²) in [5.41, 5.74) is 0.547. The lowest BCUT2D eigenvalue weighted by molar-refractivity contribution is -0.137. The van der Waals surface area contributed by atoms with Gasteiger partial charge >= 0.3 is 5.97 Å². The summed E-state index contributed by atoms with van der Waals surface area (Å²) in [6.45, 7) is 8.46. The Kier molecular flexibility index (Phi) is 10.9. The van der Waals surface area contributed by atoms with Crippen molar-refractivity contribution in [3.63, 3.8) is 0 Å². The van der Waals surface area contributed by atoms with Crippen LogP contribution in [0.3, 0.4) is 0 Å². The van der Waals surface area contributed by atoms with Crippen LogP contribution in [0.2, 0.25) is 0 Å². The van der Waals surface area contributed by atoms with Gasteiger partial charge in [-0.3, -0.25) is 4.79 Å². The van der Waals surface area contributed by atoms with Crippen molar-refractivity contribution in [1.82, 2.24) is 0 Å². The maximum atomic E-state index is 10.3. The molecule has 0 bridgehead atoms. The van der Waals surface area contributed by atoms with Crippen LogP contribution in [-0.4, -0.2) is 22.3 Å². The quantitative estimate of drug-likeness (QED) is 0.442. The molecule has 0 aromatic carbocycles. The second-order valence-electron chi connectivity index (χ2n) is 4.89. The zero-order chi connectivity index (χ0) is 14.5. The minimum absolute atomic E-state index is 0.277. The molecule has 0 heterocycles. The second-order valence-corrected chi connectivity index (χ2v) is 4.89. The van der Waals surface area contributed by atoms with Gasteiger partial charge in [0, 0.05) is 6.42 Å². The van der Waals surface area contributed by atoms with Gasteiger partial charge in [-0.1, -0.05) is 44.6 Å². The maximum Gasteiger partial charge on any atom is 0.303 e. The van der Waals surface area contributed by atoms with Gasteiger partial charge in [0.15, 0.2) is 5.70 Å². The van der Waals surface area contributed by atoms with E-state index in [1.54, 1.807) is 13.0 Å². The number of allylic oxidation sites excluding steroid dienone is 1. The number of carboxylic acids is 1. The minimum atomic E-state index is -0.711. The summed E-state index contributed by atoms with van der Waals surface area (Å²) in [6.07, 6.45) is 9.27. The van der Waals surface area contributed by atoms with Crippen molar-refractivity contribution in [3.8, 4) is 0 Å². The van der Waals surface area contributed by atoms with Crippen LogP contribution >= 0.6 is 0 Å². The van der Waals surface area contributed by atoms with Gasteiger partial charge in [-0.15, -0.1) is 0 Å². The number of unbranched alkanes of at least 4 members (excludes halogenated alkanes) is 6. The van der Waals surface area contributed by atoms with E-state index < -0.39 is 12.1 Å². The standard InChI is InChI=1S/C15H25NO3/c1-13(16-2)12-14(17)10-8-6-4-3-5-7-9-11-15(18)19/h12,14,17H,3-11H2,1H3,(H,18,19)/b13-12-. The Morgan fingerprint density at radius 1 is 1.16 bits per heavy atom. The SMILES string of the molecule is [C-]#[N+]/C(C)=C\C(O)CCCCCCCCCC(=O)O. The topological polar surface area (TPSA) is 61.9 Å². The summed E-state index contributed by atoms with van der Waals surface area (Å²) in [4.78, 5) is 13.5. The molecule has 0 amide bonds. The molecule has 0 aliphatic heterocycles. The molecular weight excluding hydrogens is 242 g/mol. The Hall–Kier alpha value is -1.34. The van der Waals surface area contributed by atoms with Crippen molar-refractivity contribution in [2.45, 2.75) is 70.8 Å². The van der Waals surface area contributed by atoms with Crippen molar-refractivity contribution in [3.05, 3.63) is 23.2 Å². The van der Waals surface area contributed by atoms with Gasteiger partial charge in [-0.25, -0.2) is 4.85 Å². The smallest absolute Gasteiger partial charge is 0.303 e. The summed E-state index contributed by atoms with van der Waals surface area (Å²) in [5, 5.41) is 18.1. The van der Waals surface area contributed by atoms with Crippen LogP contribution in [0.25, 0.3) is 4.85 Å². The molecule has 0 aromatic heterocycles. The number of carboxylic acid groups (broad SMARTS) is 1. The van der Waals surface area contributed by atoms with Crippen LogP contribution < -0.4 is 0 Å². The fraction of sp³-hybridized carbons (Fsp3) is 0.733. The molecule has 1 unspecified atom stereocenters. The number of hydrogen-bond acceptors (Lipinski definition) is 2. The van der Waals surface area contributed by atoms with Gasteiger partial charge < -0.3 is 10.2 Å². The molecular formula is C15H25NO3. The highest BCUT2D eigenvalue weighted by Gasteiger charge is 2.01. The number of nitrogens with zero attached hydrogens (tertiary/aromatic N) is 1. The number of carbonyl (C=O) groups is 1. The number of hydrogen-bond donors (Lipinski definition) is 2. The van der Waals surface area contributed by atoms with Gasteiger partial charge in [0.25, 0.3) is 0 Å². The minimum Gasteiger partial charge on any atom is -0.481 e. The van der Waals surface area contributed by atoms with Crippen LogP contribution in [0.1, 0.15) is 64.7 Å². The second kappa shape index (κ2) is 11.7. The lowest BCUT2D eigenvalue weighted by Gasteiger charge is -2.06. The van der Waals surface area contributed by atoms with Crippen molar-refractivity contribution in [2.75, 3.05) is 0 Å². The van der Waals surface area contributed by atoms with Gasteiger partial charge in [0.2, 0.25) is 0 Å². The third-order valence-corrected chi connectivity index (χ3v) is 3.00. The first-order valence-electron chi connectivity index (χ1n) is 7.02. The Morgan fingerprint density at radius 2 is 1.68 bits per heavy atom. The Labute approximate surface area is 116 Å². The Morgan fingerprint density at radius 3 is 2.21 bits per heavy atom. The monoisotopic (exact) mass is 267 g/mol. The fourth-order valence-electron chi connectivity index (χ4n) is 1.91. The summed E-state index contributed by atoms with van der Waals surface area (Å²) in [5.74, 6) is -0.711. The number of aliphatic hydroxyl groups is 1. The van der Waals surface area contributed by atoms with E-state index >= 15 is 0 Å². The van der Waals surface area contributed by atoms with Gasteiger partial charge in [-0.05, 0) is 19.8 Å². The summed E-state index contributed by atoms with van der Waals surface area (Å²) < 4.78 is 0. The van der Waals surface area contributed by atoms with Crippen molar-refractivity contribution >= 4 is 5.97 Å². The third kappa shape index (κ3) is 12.9. The van der Waals surface area contributed by atoms with E-state index in [0.717, 1.165) is 44.9 Å². The molecule has 0 saturated heterocycles. The number of aliphatic hydroxyl groups excluding tert-OH is 1. The zero-order valence-electron chi connectivity index (χ0n) is 11.8. The molecule has 1 atom stereocenters. The Balaban J connectivity index is 3.32. The summed E-state index contributed by atoms with van der Waals surface area (Å²) in [7, 11) is 0. The third-order valence-electron chi connectivity index (χ3n) is 3.00. The van der Waals surface area contributed by atoms with E-state index in [-0.39, 0.29) is 6.42 Å². The van der Waals surface area contributed by atoms with E-state index in [9.17, 15) is 9.90 Å². The highest BCUT2D eigenvalue weighted by Crippen LogP contribution is 2.12. The number of rotatable bonds is 11. The summed E-state index contributed by atoms with van der Waals surface area (Å²) >= 11 is 0. The molecule has 19 heavy (non-hydrogen) atoms. The Bertz CT molecular complexity index is 318. The van der Waals surface area contributed by atoms with Gasteiger partial charge in [0.05, 0.1) is 12.7 Å².